The molecule has 0 aliphatic heterocycles. The van der Waals surface area contributed by atoms with Crippen LogP contribution < -0.4 is 5.32 Å². The Morgan fingerprint density at radius 3 is 3.00 bits per heavy atom. The first-order chi connectivity index (χ1) is 8.13. The van der Waals surface area contributed by atoms with Crippen LogP contribution in [0, 0.1) is 0 Å². The molecule has 0 saturated carbocycles. The van der Waals surface area contributed by atoms with Crippen molar-refractivity contribution < 1.29 is 4.52 Å². The van der Waals surface area contributed by atoms with Crippen molar-refractivity contribution in [2.45, 2.75) is 33.0 Å². The third-order valence-corrected chi connectivity index (χ3v) is 2.63. The predicted molar refractivity (Wildman–Crippen MR) is 67.5 cm³/mol. The summed E-state index contributed by atoms with van der Waals surface area (Å²) in [4.78, 5) is 0. The van der Waals surface area contributed by atoms with E-state index in [1.165, 1.54) is 0 Å². The molecular formula is C11H15BrN4O. The number of nitrogens with zero attached hydrogens (tertiary/aromatic N) is 3. The topological polar surface area (TPSA) is 55.9 Å². The summed E-state index contributed by atoms with van der Waals surface area (Å²) < 4.78 is 8.00. The molecule has 0 atom stereocenters. The summed E-state index contributed by atoms with van der Waals surface area (Å²) in [5.41, 5.74) is 0.917. The van der Waals surface area contributed by atoms with Crippen LogP contribution in [0.5, 0.6) is 0 Å². The lowest BCUT2D eigenvalue weighted by Crippen LogP contribution is -2.21. The van der Waals surface area contributed by atoms with Gasteiger partial charge < -0.3 is 9.84 Å². The first-order valence-electron chi connectivity index (χ1n) is 5.49. The van der Waals surface area contributed by atoms with Crippen LogP contribution in [0.25, 0.3) is 0 Å². The van der Waals surface area contributed by atoms with Crippen LogP contribution in [-0.4, -0.2) is 21.0 Å². The standard InChI is InChI=1S/C11H15BrN4O/c1-8(2)13-5-10-3-11(17-15-10)7-16-6-9(12)4-14-16/h3-4,6,8,13H,5,7H2,1-2H3. The van der Waals surface area contributed by atoms with Crippen LogP contribution in [0.4, 0.5) is 0 Å². The molecular weight excluding hydrogens is 284 g/mol. The van der Waals surface area contributed by atoms with E-state index in [0.29, 0.717) is 12.6 Å². The monoisotopic (exact) mass is 298 g/mol. The summed E-state index contributed by atoms with van der Waals surface area (Å²) in [5, 5.41) is 11.5. The molecule has 0 saturated heterocycles. The van der Waals surface area contributed by atoms with Gasteiger partial charge in [-0.15, -0.1) is 0 Å². The van der Waals surface area contributed by atoms with Crippen LogP contribution in [-0.2, 0) is 13.1 Å². The molecule has 0 amide bonds. The largest absolute Gasteiger partial charge is 0.359 e. The highest BCUT2D eigenvalue weighted by molar-refractivity contribution is 9.10. The fourth-order valence-corrected chi connectivity index (χ4v) is 1.73. The van der Waals surface area contributed by atoms with E-state index in [1.54, 1.807) is 10.9 Å². The van der Waals surface area contributed by atoms with Crippen molar-refractivity contribution in [3.63, 3.8) is 0 Å². The Labute approximate surface area is 108 Å². The zero-order valence-electron chi connectivity index (χ0n) is 9.85. The minimum absolute atomic E-state index is 0.442. The lowest BCUT2D eigenvalue weighted by atomic mass is 10.3. The van der Waals surface area contributed by atoms with E-state index >= 15 is 0 Å². The molecule has 0 aliphatic rings. The lowest BCUT2D eigenvalue weighted by Gasteiger charge is -2.03. The fraction of sp³-hybridized carbons (Fsp3) is 0.455. The Morgan fingerprint density at radius 1 is 1.53 bits per heavy atom. The number of rotatable bonds is 5. The molecule has 0 unspecified atom stereocenters. The minimum atomic E-state index is 0.442. The summed E-state index contributed by atoms with van der Waals surface area (Å²) in [6.07, 6.45) is 3.64. The van der Waals surface area contributed by atoms with Crippen molar-refractivity contribution in [1.82, 2.24) is 20.3 Å². The van der Waals surface area contributed by atoms with E-state index in [-0.39, 0.29) is 0 Å². The van der Waals surface area contributed by atoms with Gasteiger partial charge in [-0.3, -0.25) is 4.68 Å². The lowest BCUT2D eigenvalue weighted by molar-refractivity contribution is 0.363. The third kappa shape index (κ3) is 3.67. The molecule has 5 nitrogen and oxygen atoms in total. The molecule has 92 valence electrons. The van der Waals surface area contributed by atoms with Crippen molar-refractivity contribution in [3.8, 4) is 0 Å². The molecule has 0 radical (unpaired) electrons. The molecule has 6 heteroatoms. The third-order valence-electron chi connectivity index (χ3n) is 2.22. The molecule has 0 aliphatic carbocycles. The van der Waals surface area contributed by atoms with Gasteiger partial charge in [0.25, 0.3) is 0 Å². The highest BCUT2D eigenvalue weighted by Crippen LogP contribution is 2.10. The van der Waals surface area contributed by atoms with Gasteiger partial charge in [0.2, 0.25) is 0 Å². The Morgan fingerprint density at radius 2 is 2.35 bits per heavy atom. The number of aromatic nitrogens is 3. The predicted octanol–water partition coefficient (Wildman–Crippen LogP) is 2.18. The molecule has 0 bridgehead atoms. The van der Waals surface area contributed by atoms with Gasteiger partial charge in [-0.25, -0.2) is 0 Å². The quantitative estimate of drug-likeness (QED) is 0.919. The second kappa shape index (κ2) is 5.46. The summed E-state index contributed by atoms with van der Waals surface area (Å²) in [5.74, 6) is 0.807. The minimum Gasteiger partial charge on any atom is -0.359 e. The molecule has 2 aromatic rings. The van der Waals surface area contributed by atoms with Crippen LogP contribution in [0.2, 0.25) is 0 Å². The summed E-state index contributed by atoms with van der Waals surface area (Å²) in [7, 11) is 0. The SMILES string of the molecule is CC(C)NCc1cc(Cn2cc(Br)cn2)on1. The maximum absolute atomic E-state index is 5.24. The maximum atomic E-state index is 5.24. The highest BCUT2D eigenvalue weighted by Gasteiger charge is 2.06. The Balaban J connectivity index is 1.94. The zero-order valence-corrected chi connectivity index (χ0v) is 11.4. The van der Waals surface area contributed by atoms with Gasteiger partial charge in [0.05, 0.1) is 16.4 Å². The van der Waals surface area contributed by atoms with Crippen LogP contribution in [0.1, 0.15) is 25.3 Å². The molecule has 2 rings (SSSR count). The molecule has 0 spiro atoms. The highest BCUT2D eigenvalue weighted by atomic mass is 79.9. The summed E-state index contributed by atoms with van der Waals surface area (Å²) >= 11 is 3.35. The van der Waals surface area contributed by atoms with Crippen LogP contribution in [0.15, 0.2) is 27.5 Å². The van der Waals surface area contributed by atoms with Gasteiger partial charge in [-0.05, 0) is 15.9 Å². The first-order valence-corrected chi connectivity index (χ1v) is 6.28. The molecule has 2 aromatic heterocycles. The number of halogens is 1. The molecule has 2 heterocycles. The number of nitrogens with one attached hydrogen (secondary N) is 1. The second-order valence-electron chi connectivity index (χ2n) is 4.18. The van der Waals surface area contributed by atoms with Crippen molar-refractivity contribution in [2.24, 2.45) is 0 Å². The van der Waals surface area contributed by atoms with E-state index in [9.17, 15) is 0 Å². The van der Waals surface area contributed by atoms with Crippen molar-refractivity contribution in [1.29, 1.82) is 0 Å². The fourth-order valence-electron chi connectivity index (χ4n) is 1.41. The van der Waals surface area contributed by atoms with E-state index in [0.717, 1.165) is 22.5 Å². The normalized spacial score (nSPS) is 11.3. The average molecular weight is 299 g/mol. The van der Waals surface area contributed by atoms with Gasteiger partial charge in [0.15, 0.2) is 5.76 Å². The zero-order chi connectivity index (χ0) is 12.3. The summed E-state index contributed by atoms with van der Waals surface area (Å²) in [6, 6.07) is 2.39. The Bertz CT molecular complexity index is 477. The maximum Gasteiger partial charge on any atom is 0.158 e. The molecule has 17 heavy (non-hydrogen) atoms. The molecule has 0 fully saturated rings. The Hall–Kier alpha value is -1.14. The van der Waals surface area contributed by atoms with Gasteiger partial charge >= 0.3 is 0 Å². The van der Waals surface area contributed by atoms with Gasteiger partial charge in [-0.2, -0.15) is 5.10 Å². The van der Waals surface area contributed by atoms with E-state index in [2.05, 4.69) is 45.3 Å². The second-order valence-corrected chi connectivity index (χ2v) is 5.09. The van der Waals surface area contributed by atoms with Crippen LogP contribution >= 0.6 is 15.9 Å². The van der Waals surface area contributed by atoms with E-state index in [1.807, 2.05) is 12.3 Å². The van der Waals surface area contributed by atoms with Gasteiger partial charge in [0.1, 0.15) is 6.54 Å². The average Bonchev–Trinajstić information content (AvgIpc) is 2.86. The van der Waals surface area contributed by atoms with Crippen molar-refractivity contribution >= 4 is 15.9 Å². The van der Waals surface area contributed by atoms with Gasteiger partial charge in [-0.1, -0.05) is 19.0 Å². The van der Waals surface area contributed by atoms with Gasteiger partial charge in [0, 0.05) is 24.8 Å². The molecule has 1 N–H and O–H groups in total. The molecule has 0 aromatic carbocycles. The van der Waals surface area contributed by atoms with E-state index < -0.39 is 0 Å². The van der Waals surface area contributed by atoms with Crippen molar-refractivity contribution in [2.75, 3.05) is 0 Å². The number of hydrogen-bond acceptors (Lipinski definition) is 4. The summed E-state index contributed by atoms with van der Waals surface area (Å²) in [6.45, 7) is 5.52. The Kier molecular flexibility index (Phi) is 3.96. The smallest absolute Gasteiger partial charge is 0.158 e. The van der Waals surface area contributed by atoms with E-state index in [4.69, 9.17) is 4.52 Å². The first kappa shape index (κ1) is 12.3. The number of hydrogen-bond donors (Lipinski definition) is 1. The van der Waals surface area contributed by atoms with Crippen LogP contribution in [0.3, 0.4) is 0 Å². The van der Waals surface area contributed by atoms with Crippen molar-refractivity contribution in [3.05, 3.63) is 34.4 Å².